The molecule has 12 heavy (non-hydrogen) atoms. The third kappa shape index (κ3) is 2.46. The van der Waals surface area contributed by atoms with E-state index < -0.39 is 0 Å². The topological polar surface area (TPSA) is 23.1 Å². The predicted octanol–water partition coefficient (Wildman–Crippen LogP) is 1.93. The third-order valence-corrected chi connectivity index (χ3v) is 3.10. The highest BCUT2D eigenvalue weighted by atomic mass is 16.3. The first-order chi connectivity index (χ1) is 5.77. The van der Waals surface area contributed by atoms with Crippen LogP contribution in [0.4, 0.5) is 0 Å². The zero-order valence-electron chi connectivity index (χ0n) is 8.25. The summed E-state index contributed by atoms with van der Waals surface area (Å²) in [5.41, 5.74) is 0. The first-order valence-electron chi connectivity index (χ1n) is 5.10. The minimum atomic E-state index is 0.133. The van der Waals surface area contributed by atoms with Crippen molar-refractivity contribution in [2.75, 3.05) is 19.7 Å². The van der Waals surface area contributed by atoms with E-state index in [0.29, 0.717) is 12.0 Å². The van der Waals surface area contributed by atoms with Gasteiger partial charge in [-0.1, -0.05) is 6.92 Å². The molecule has 71 valence electrons. The lowest BCUT2D eigenvalue weighted by Gasteiger charge is -2.34. The van der Waals surface area contributed by atoms with Gasteiger partial charge in [0, 0.05) is 6.04 Å². The molecular weight excluding hydrogens is 150 g/mol. The van der Waals surface area contributed by atoms with E-state index in [1.165, 1.54) is 6.42 Å². The van der Waals surface area contributed by atoms with Crippen molar-refractivity contribution >= 4 is 0 Å². The molecule has 0 aromatic heterocycles. The van der Waals surface area contributed by atoms with Crippen LogP contribution in [0.15, 0.2) is 0 Å². The maximum absolute atomic E-state index is 10.6. The molecule has 1 rings (SSSR count). The second-order valence-electron chi connectivity index (χ2n) is 3.90. The van der Waals surface area contributed by atoms with Crippen molar-refractivity contribution in [2.45, 2.75) is 39.2 Å². The fourth-order valence-electron chi connectivity index (χ4n) is 1.82. The van der Waals surface area contributed by atoms with Crippen LogP contribution < -0.4 is 0 Å². The lowest BCUT2D eigenvalue weighted by Crippen LogP contribution is -2.40. The molecular formula is C10H20NO. The summed E-state index contributed by atoms with van der Waals surface area (Å²) in [6, 6.07) is 0.706. The molecule has 2 heteroatoms. The van der Waals surface area contributed by atoms with E-state index in [1.807, 2.05) is 0 Å². The van der Waals surface area contributed by atoms with Crippen molar-refractivity contribution in [3.63, 3.8) is 0 Å². The third-order valence-electron chi connectivity index (χ3n) is 3.10. The van der Waals surface area contributed by atoms with E-state index in [9.17, 15) is 5.11 Å². The van der Waals surface area contributed by atoms with Crippen LogP contribution in [0.3, 0.4) is 0 Å². The average molecular weight is 170 g/mol. The summed E-state index contributed by atoms with van der Waals surface area (Å²) in [5, 5.41) is 10.6. The van der Waals surface area contributed by atoms with Crippen LogP contribution in [0.25, 0.3) is 0 Å². The normalized spacial score (nSPS) is 24.2. The van der Waals surface area contributed by atoms with E-state index >= 15 is 0 Å². The fraction of sp³-hybridized carbons (Fsp3) is 1.00. The standard InChI is InChI=1S/C10H20NO/c1-3-9(2)11-6-4-10(8-12)5-7-11/h9-10H,3-8H2,1-2H3. The molecule has 0 spiro atoms. The van der Waals surface area contributed by atoms with Crippen molar-refractivity contribution in [1.82, 2.24) is 4.90 Å². The molecule has 1 atom stereocenters. The molecule has 0 N–H and O–H groups in total. The zero-order chi connectivity index (χ0) is 8.97. The zero-order valence-corrected chi connectivity index (χ0v) is 8.25. The molecule has 1 fully saturated rings. The Balaban J connectivity index is 2.25. The molecule has 1 aliphatic heterocycles. The summed E-state index contributed by atoms with van der Waals surface area (Å²) in [5.74, 6) is 0.463. The highest BCUT2D eigenvalue weighted by Gasteiger charge is 2.21. The Morgan fingerprint density at radius 1 is 1.42 bits per heavy atom. The molecule has 0 bridgehead atoms. The minimum absolute atomic E-state index is 0.133. The maximum Gasteiger partial charge on any atom is 0.0851 e. The molecule has 1 heterocycles. The number of piperidine rings is 1. The van der Waals surface area contributed by atoms with Crippen LogP contribution in [-0.2, 0) is 5.11 Å². The summed E-state index contributed by atoms with van der Waals surface area (Å²) < 4.78 is 0. The Morgan fingerprint density at radius 2 is 2.00 bits per heavy atom. The summed E-state index contributed by atoms with van der Waals surface area (Å²) in [6.07, 6.45) is 3.46. The van der Waals surface area contributed by atoms with Crippen molar-refractivity contribution in [3.8, 4) is 0 Å². The maximum atomic E-state index is 10.6. The molecule has 1 saturated heterocycles. The van der Waals surface area contributed by atoms with Gasteiger partial charge in [-0.15, -0.1) is 0 Å². The van der Waals surface area contributed by atoms with Gasteiger partial charge in [-0.25, -0.2) is 5.11 Å². The van der Waals surface area contributed by atoms with E-state index in [2.05, 4.69) is 18.7 Å². The summed E-state index contributed by atoms with van der Waals surface area (Å²) >= 11 is 0. The van der Waals surface area contributed by atoms with E-state index in [0.717, 1.165) is 25.9 Å². The van der Waals surface area contributed by atoms with Crippen molar-refractivity contribution < 1.29 is 5.11 Å². The smallest absolute Gasteiger partial charge is 0.0851 e. The van der Waals surface area contributed by atoms with Gasteiger partial charge in [0.1, 0.15) is 0 Å². The highest BCUT2D eigenvalue weighted by Crippen LogP contribution is 2.19. The van der Waals surface area contributed by atoms with Crippen LogP contribution >= 0.6 is 0 Å². The number of rotatable bonds is 3. The lowest BCUT2D eigenvalue weighted by atomic mass is 9.96. The number of nitrogens with zero attached hydrogens (tertiary/aromatic N) is 1. The van der Waals surface area contributed by atoms with Crippen molar-refractivity contribution in [3.05, 3.63) is 0 Å². The largest absolute Gasteiger partial charge is 0.301 e. The molecule has 1 radical (unpaired) electrons. The van der Waals surface area contributed by atoms with Crippen molar-refractivity contribution in [1.29, 1.82) is 0 Å². The van der Waals surface area contributed by atoms with Gasteiger partial charge in [-0.05, 0) is 45.2 Å². The molecule has 0 aromatic carbocycles. The van der Waals surface area contributed by atoms with E-state index in [4.69, 9.17) is 0 Å². The van der Waals surface area contributed by atoms with Gasteiger partial charge >= 0.3 is 0 Å². The van der Waals surface area contributed by atoms with Crippen LogP contribution in [0.1, 0.15) is 33.1 Å². The van der Waals surface area contributed by atoms with Crippen LogP contribution in [-0.4, -0.2) is 30.6 Å². The summed E-state index contributed by atoms with van der Waals surface area (Å²) in [6.45, 7) is 6.92. The second-order valence-corrected chi connectivity index (χ2v) is 3.90. The first-order valence-corrected chi connectivity index (χ1v) is 5.10. The Morgan fingerprint density at radius 3 is 2.42 bits per heavy atom. The molecule has 0 saturated carbocycles. The Labute approximate surface area is 75.6 Å². The van der Waals surface area contributed by atoms with Gasteiger partial charge < -0.3 is 4.90 Å². The first kappa shape index (κ1) is 10.0. The molecule has 1 unspecified atom stereocenters. The second kappa shape index (κ2) is 4.83. The summed E-state index contributed by atoms with van der Waals surface area (Å²) in [7, 11) is 0. The molecule has 0 aromatic rings. The predicted molar refractivity (Wildman–Crippen MR) is 49.6 cm³/mol. The molecule has 2 nitrogen and oxygen atoms in total. The monoisotopic (exact) mass is 170 g/mol. The summed E-state index contributed by atoms with van der Waals surface area (Å²) in [4.78, 5) is 2.51. The van der Waals surface area contributed by atoms with Gasteiger partial charge in [-0.3, -0.25) is 0 Å². The molecule has 0 aliphatic carbocycles. The van der Waals surface area contributed by atoms with E-state index in [1.54, 1.807) is 0 Å². The van der Waals surface area contributed by atoms with Crippen LogP contribution in [0.5, 0.6) is 0 Å². The minimum Gasteiger partial charge on any atom is -0.301 e. The van der Waals surface area contributed by atoms with Gasteiger partial charge in [0.25, 0.3) is 0 Å². The van der Waals surface area contributed by atoms with Crippen LogP contribution in [0, 0.1) is 5.92 Å². The highest BCUT2D eigenvalue weighted by molar-refractivity contribution is 4.74. The number of hydrogen-bond acceptors (Lipinski definition) is 1. The van der Waals surface area contributed by atoms with Gasteiger partial charge in [0.05, 0.1) is 6.61 Å². The average Bonchev–Trinajstić information content (AvgIpc) is 2.17. The van der Waals surface area contributed by atoms with Gasteiger partial charge in [0.15, 0.2) is 0 Å². The number of hydrogen-bond donors (Lipinski definition) is 0. The van der Waals surface area contributed by atoms with Crippen molar-refractivity contribution in [2.24, 2.45) is 5.92 Å². The fourth-order valence-corrected chi connectivity index (χ4v) is 1.82. The Bertz CT molecular complexity index is 119. The number of likely N-dealkylation sites (tertiary alicyclic amines) is 1. The van der Waals surface area contributed by atoms with E-state index in [-0.39, 0.29) is 6.61 Å². The Kier molecular flexibility index (Phi) is 4.02. The van der Waals surface area contributed by atoms with Gasteiger partial charge in [-0.2, -0.15) is 0 Å². The SMILES string of the molecule is CCC(C)N1CCC(C[O])CC1. The Hall–Kier alpha value is -0.0800. The molecule has 0 amide bonds. The van der Waals surface area contributed by atoms with Crippen LogP contribution in [0.2, 0.25) is 0 Å². The lowest BCUT2D eigenvalue weighted by molar-refractivity contribution is 0.0757. The molecule has 1 aliphatic rings. The quantitative estimate of drug-likeness (QED) is 0.634. The van der Waals surface area contributed by atoms with Gasteiger partial charge in [0.2, 0.25) is 0 Å².